The van der Waals surface area contributed by atoms with Gasteiger partial charge in [0.2, 0.25) is 0 Å². The van der Waals surface area contributed by atoms with E-state index in [1.807, 2.05) is 0 Å². The van der Waals surface area contributed by atoms with Crippen LogP contribution in [-0.2, 0) is 11.2 Å². The molecule has 0 aromatic heterocycles. The summed E-state index contributed by atoms with van der Waals surface area (Å²) in [5.74, 6) is -0.784. The Morgan fingerprint density at radius 2 is 2.15 bits per heavy atom. The summed E-state index contributed by atoms with van der Waals surface area (Å²) in [5, 5.41) is 8.60. The van der Waals surface area contributed by atoms with Gasteiger partial charge in [-0.15, -0.1) is 0 Å². The van der Waals surface area contributed by atoms with Crippen molar-refractivity contribution in [2.45, 2.75) is 12.8 Å². The van der Waals surface area contributed by atoms with Gasteiger partial charge in [-0.1, -0.05) is 12.1 Å². The van der Waals surface area contributed by atoms with Crippen LogP contribution in [0.1, 0.15) is 14.7 Å². The van der Waals surface area contributed by atoms with Gasteiger partial charge in [0.1, 0.15) is 5.75 Å². The first-order chi connectivity index (χ1) is 6.95. The molecule has 0 spiro atoms. The number of methoxy groups -OCH3 is 1. The Hall–Kier alpha value is -1.51. The van der Waals surface area contributed by atoms with Crippen LogP contribution in [0.25, 0.3) is 0 Å². The maximum Gasteiger partial charge on any atom is 0.303 e. The Balaban J connectivity index is 2.77. The summed E-state index contributed by atoms with van der Waals surface area (Å²) in [7, 11) is 1.53. The average molecular weight is 182 g/mol. The highest BCUT2D eigenvalue weighted by molar-refractivity contribution is 5.67. The Morgan fingerprint density at radius 1 is 1.54 bits per heavy atom. The van der Waals surface area contributed by atoms with Crippen molar-refractivity contribution in [3.8, 4) is 5.75 Å². The molecule has 1 N–H and O–H groups in total. The standard InChI is InChI=1S/C10H12O3/c1-13-9-5-2-8(3-6-9)4-7-10(11)12/h2-3,5-6H,4,7H2,1H3,(H,11,12)/i7D2. The molecule has 0 aliphatic heterocycles. The smallest absolute Gasteiger partial charge is 0.303 e. The molecule has 0 radical (unpaired) electrons. The van der Waals surface area contributed by atoms with Gasteiger partial charge in [-0.2, -0.15) is 0 Å². The number of rotatable bonds is 4. The Kier molecular flexibility index (Phi) is 2.40. The SMILES string of the molecule is [2H]C([2H])(Cc1ccc(OC)cc1)C(=O)O. The molecule has 13 heavy (non-hydrogen) atoms. The molecule has 0 atom stereocenters. The molecule has 0 heterocycles. The van der Waals surface area contributed by atoms with Gasteiger partial charge in [0, 0.05) is 9.11 Å². The zero-order valence-electron chi connectivity index (χ0n) is 9.28. The normalized spacial score (nSPS) is 13.0. The lowest BCUT2D eigenvalue weighted by Gasteiger charge is -2.01. The van der Waals surface area contributed by atoms with Crippen LogP contribution >= 0.6 is 0 Å². The van der Waals surface area contributed by atoms with Crippen LogP contribution in [0.15, 0.2) is 24.3 Å². The van der Waals surface area contributed by atoms with Crippen LogP contribution < -0.4 is 4.74 Å². The summed E-state index contributed by atoms with van der Waals surface area (Å²) < 4.78 is 19.4. The van der Waals surface area contributed by atoms with Gasteiger partial charge in [-0.05, 0) is 24.1 Å². The minimum absolute atomic E-state index is 0.147. The fraction of sp³-hybridized carbons (Fsp3) is 0.300. The molecule has 0 saturated heterocycles. The van der Waals surface area contributed by atoms with Crippen molar-refractivity contribution >= 4 is 5.97 Å². The zero-order valence-corrected chi connectivity index (χ0v) is 7.28. The van der Waals surface area contributed by atoms with Crippen LogP contribution in [-0.4, -0.2) is 18.2 Å². The summed E-state index contributed by atoms with van der Waals surface area (Å²) in [5.41, 5.74) is 0.628. The van der Waals surface area contributed by atoms with E-state index in [0.717, 1.165) is 0 Å². The topological polar surface area (TPSA) is 46.5 Å². The third kappa shape index (κ3) is 3.15. The quantitative estimate of drug-likeness (QED) is 0.771. The molecule has 1 aromatic rings. The highest BCUT2D eigenvalue weighted by atomic mass is 16.5. The second-order valence-corrected chi connectivity index (χ2v) is 2.51. The number of aliphatic carboxylic acids is 1. The second kappa shape index (κ2) is 4.50. The second-order valence-electron chi connectivity index (χ2n) is 2.51. The van der Waals surface area contributed by atoms with Crippen molar-refractivity contribution in [2.75, 3.05) is 7.11 Å². The fourth-order valence-corrected chi connectivity index (χ4v) is 0.921. The lowest BCUT2D eigenvalue weighted by molar-refractivity contribution is -0.136. The van der Waals surface area contributed by atoms with Gasteiger partial charge in [0.15, 0.2) is 0 Å². The van der Waals surface area contributed by atoms with E-state index in [2.05, 4.69) is 0 Å². The molecule has 0 amide bonds. The van der Waals surface area contributed by atoms with E-state index < -0.39 is 12.3 Å². The zero-order chi connectivity index (χ0) is 11.5. The summed E-state index contributed by atoms with van der Waals surface area (Å²) >= 11 is 0. The van der Waals surface area contributed by atoms with E-state index in [1.165, 1.54) is 7.11 Å². The number of carboxylic acids is 1. The Bertz CT molecular complexity index is 346. The number of hydrogen-bond acceptors (Lipinski definition) is 2. The van der Waals surface area contributed by atoms with Crippen LogP contribution in [0.4, 0.5) is 0 Å². The summed E-state index contributed by atoms with van der Waals surface area (Å²) in [6.07, 6.45) is -2.37. The summed E-state index contributed by atoms with van der Waals surface area (Å²) in [6.45, 7) is 0. The Labute approximate surface area is 79.8 Å². The number of benzene rings is 1. The van der Waals surface area contributed by atoms with E-state index in [4.69, 9.17) is 12.6 Å². The Morgan fingerprint density at radius 3 is 2.62 bits per heavy atom. The van der Waals surface area contributed by atoms with Crippen LogP contribution in [0, 0.1) is 0 Å². The average Bonchev–Trinajstić information content (AvgIpc) is 2.18. The number of carbonyl (C=O) groups is 1. The third-order valence-corrected chi connectivity index (χ3v) is 1.60. The molecular weight excluding hydrogens is 168 g/mol. The predicted octanol–water partition coefficient (Wildman–Crippen LogP) is 1.71. The van der Waals surface area contributed by atoms with Crippen molar-refractivity contribution in [3.63, 3.8) is 0 Å². The monoisotopic (exact) mass is 182 g/mol. The van der Waals surface area contributed by atoms with Crippen molar-refractivity contribution in [3.05, 3.63) is 29.8 Å². The van der Waals surface area contributed by atoms with E-state index in [1.54, 1.807) is 24.3 Å². The fourth-order valence-electron chi connectivity index (χ4n) is 0.921. The van der Waals surface area contributed by atoms with Crippen molar-refractivity contribution in [1.29, 1.82) is 0 Å². The van der Waals surface area contributed by atoms with Crippen molar-refractivity contribution in [2.24, 2.45) is 0 Å². The van der Waals surface area contributed by atoms with E-state index >= 15 is 0 Å². The predicted molar refractivity (Wildman–Crippen MR) is 49.0 cm³/mol. The largest absolute Gasteiger partial charge is 0.497 e. The maximum absolute atomic E-state index is 10.5. The number of aryl methyl sites for hydroxylation is 1. The van der Waals surface area contributed by atoms with Crippen molar-refractivity contribution < 1.29 is 17.4 Å². The molecule has 1 aromatic carbocycles. The van der Waals surface area contributed by atoms with Gasteiger partial charge < -0.3 is 9.84 Å². The molecule has 0 saturated carbocycles. The summed E-state index contributed by atoms with van der Waals surface area (Å²) in [6, 6.07) is 6.65. The van der Waals surface area contributed by atoms with Crippen LogP contribution in [0.2, 0.25) is 0 Å². The van der Waals surface area contributed by atoms with Gasteiger partial charge >= 0.3 is 5.97 Å². The third-order valence-electron chi connectivity index (χ3n) is 1.60. The van der Waals surface area contributed by atoms with Crippen LogP contribution in [0.3, 0.4) is 0 Å². The van der Waals surface area contributed by atoms with E-state index in [9.17, 15) is 4.79 Å². The van der Waals surface area contributed by atoms with Gasteiger partial charge in [0.05, 0.1) is 7.11 Å². The van der Waals surface area contributed by atoms with Gasteiger partial charge in [-0.25, -0.2) is 0 Å². The molecule has 3 nitrogen and oxygen atoms in total. The van der Waals surface area contributed by atoms with Crippen LogP contribution in [0.5, 0.6) is 5.75 Å². The number of carboxylic acid groups (broad SMARTS) is 1. The van der Waals surface area contributed by atoms with E-state index in [-0.39, 0.29) is 6.42 Å². The molecular formula is C10H12O3. The highest BCUT2D eigenvalue weighted by Crippen LogP contribution is 2.12. The first kappa shape index (κ1) is 6.95. The van der Waals surface area contributed by atoms with Gasteiger partial charge in [-0.3, -0.25) is 4.79 Å². The maximum atomic E-state index is 10.5. The lowest BCUT2D eigenvalue weighted by atomic mass is 10.1. The highest BCUT2D eigenvalue weighted by Gasteiger charge is 1.98. The number of hydrogen-bond donors (Lipinski definition) is 1. The molecule has 70 valence electrons. The molecule has 0 aliphatic rings. The first-order valence-electron chi connectivity index (χ1n) is 4.82. The molecule has 0 fully saturated rings. The first-order valence-corrected chi connectivity index (χ1v) is 3.82. The number of ether oxygens (including phenoxy) is 1. The van der Waals surface area contributed by atoms with Gasteiger partial charge in [0.25, 0.3) is 0 Å². The molecule has 0 aliphatic carbocycles. The molecule has 0 unspecified atom stereocenters. The van der Waals surface area contributed by atoms with Crippen molar-refractivity contribution in [1.82, 2.24) is 0 Å². The minimum atomic E-state index is -2.23. The summed E-state index contributed by atoms with van der Waals surface area (Å²) in [4.78, 5) is 10.5. The minimum Gasteiger partial charge on any atom is -0.497 e. The lowest BCUT2D eigenvalue weighted by Crippen LogP contribution is -1.97. The van der Waals surface area contributed by atoms with E-state index in [0.29, 0.717) is 11.3 Å². The molecule has 3 heteroatoms. The molecule has 0 bridgehead atoms. The molecule has 1 rings (SSSR count).